The third-order valence-corrected chi connectivity index (χ3v) is 3.70. The summed E-state index contributed by atoms with van der Waals surface area (Å²) in [5, 5.41) is 0. The molecule has 0 aromatic carbocycles. The molecule has 2 aliphatic heterocycles. The number of carbonyl (C=O) groups is 1. The van der Waals surface area contributed by atoms with E-state index in [2.05, 4.69) is 0 Å². The standard InChI is InChI=1S/C13H24N2O4/c1-11(9-14)10-17-12(16)15-5-3-13(4-6-15)18-7-2-8-19-13/h11H,2-10,14H2,1H3. The summed E-state index contributed by atoms with van der Waals surface area (Å²) in [4.78, 5) is 13.6. The van der Waals surface area contributed by atoms with Crippen LogP contribution in [0.4, 0.5) is 4.79 Å². The third kappa shape index (κ3) is 3.81. The minimum absolute atomic E-state index is 0.199. The van der Waals surface area contributed by atoms with E-state index in [1.165, 1.54) is 0 Å². The minimum Gasteiger partial charge on any atom is -0.449 e. The third-order valence-electron chi connectivity index (χ3n) is 3.70. The zero-order valence-corrected chi connectivity index (χ0v) is 11.6. The van der Waals surface area contributed by atoms with Crippen molar-refractivity contribution in [1.29, 1.82) is 0 Å². The molecule has 1 atom stereocenters. The maximum atomic E-state index is 11.9. The highest BCUT2D eigenvalue weighted by atomic mass is 16.7. The van der Waals surface area contributed by atoms with Crippen LogP contribution in [0.3, 0.4) is 0 Å². The molecule has 2 aliphatic rings. The molecule has 0 aliphatic carbocycles. The van der Waals surface area contributed by atoms with Crippen LogP contribution in [0, 0.1) is 5.92 Å². The minimum atomic E-state index is -0.459. The smallest absolute Gasteiger partial charge is 0.409 e. The first-order valence-electron chi connectivity index (χ1n) is 7.05. The van der Waals surface area contributed by atoms with Gasteiger partial charge in [-0.3, -0.25) is 0 Å². The molecule has 0 radical (unpaired) electrons. The van der Waals surface area contributed by atoms with Crippen LogP contribution >= 0.6 is 0 Å². The molecule has 0 aromatic heterocycles. The highest BCUT2D eigenvalue weighted by Gasteiger charge is 2.39. The summed E-state index contributed by atoms with van der Waals surface area (Å²) in [5.41, 5.74) is 5.49. The number of ether oxygens (including phenoxy) is 3. The van der Waals surface area contributed by atoms with Gasteiger partial charge in [-0.1, -0.05) is 6.92 Å². The van der Waals surface area contributed by atoms with Gasteiger partial charge in [0.25, 0.3) is 0 Å². The van der Waals surface area contributed by atoms with Crippen molar-refractivity contribution in [2.75, 3.05) is 39.5 Å². The molecule has 2 N–H and O–H groups in total. The first kappa shape index (κ1) is 14.6. The van der Waals surface area contributed by atoms with Crippen molar-refractivity contribution < 1.29 is 19.0 Å². The van der Waals surface area contributed by atoms with Crippen LogP contribution in [0.1, 0.15) is 26.2 Å². The maximum absolute atomic E-state index is 11.9. The lowest BCUT2D eigenvalue weighted by Gasteiger charge is -2.43. The molecule has 6 nitrogen and oxygen atoms in total. The van der Waals surface area contributed by atoms with Crippen LogP contribution in [0.5, 0.6) is 0 Å². The average Bonchev–Trinajstić information content (AvgIpc) is 2.46. The van der Waals surface area contributed by atoms with Gasteiger partial charge in [-0.05, 0) is 13.0 Å². The summed E-state index contributed by atoms with van der Waals surface area (Å²) in [7, 11) is 0. The molecular formula is C13H24N2O4. The van der Waals surface area contributed by atoms with E-state index >= 15 is 0 Å². The second-order valence-corrected chi connectivity index (χ2v) is 5.37. The van der Waals surface area contributed by atoms with Crippen molar-refractivity contribution in [3.05, 3.63) is 0 Å². The second kappa shape index (κ2) is 6.54. The fourth-order valence-corrected chi connectivity index (χ4v) is 2.31. The summed E-state index contributed by atoms with van der Waals surface area (Å²) >= 11 is 0. The van der Waals surface area contributed by atoms with E-state index in [1.54, 1.807) is 4.90 Å². The summed E-state index contributed by atoms with van der Waals surface area (Å²) in [6.45, 7) is 5.60. The van der Waals surface area contributed by atoms with Crippen LogP contribution in [-0.2, 0) is 14.2 Å². The Balaban J connectivity index is 1.74. The molecule has 1 unspecified atom stereocenters. The Hall–Kier alpha value is -0.850. The number of amides is 1. The van der Waals surface area contributed by atoms with Gasteiger partial charge in [0.05, 0.1) is 19.8 Å². The number of nitrogens with zero attached hydrogens (tertiary/aromatic N) is 1. The zero-order valence-electron chi connectivity index (χ0n) is 11.6. The van der Waals surface area contributed by atoms with Gasteiger partial charge in [-0.25, -0.2) is 4.79 Å². The number of hydrogen-bond donors (Lipinski definition) is 1. The molecule has 110 valence electrons. The van der Waals surface area contributed by atoms with Crippen LogP contribution in [-0.4, -0.2) is 56.2 Å². The number of likely N-dealkylation sites (tertiary alicyclic amines) is 1. The average molecular weight is 272 g/mol. The predicted octanol–water partition coefficient (Wildman–Crippen LogP) is 0.947. The largest absolute Gasteiger partial charge is 0.449 e. The fraction of sp³-hybridized carbons (Fsp3) is 0.923. The zero-order chi connectivity index (χ0) is 13.7. The second-order valence-electron chi connectivity index (χ2n) is 5.37. The van der Waals surface area contributed by atoms with Gasteiger partial charge in [0.2, 0.25) is 0 Å². The Morgan fingerprint density at radius 2 is 2.00 bits per heavy atom. The highest BCUT2D eigenvalue weighted by Crippen LogP contribution is 2.30. The van der Waals surface area contributed by atoms with Gasteiger partial charge in [0.15, 0.2) is 5.79 Å². The van der Waals surface area contributed by atoms with Crippen molar-refractivity contribution in [1.82, 2.24) is 4.90 Å². The Morgan fingerprint density at radius 1 is 1.37 bits per heavy atom. The quantitative estimate of drug-likeness (QED) is 0.828. The Labute approximate surface area is 114 Å². The van der Waals surface area contributed by atoms with Gasteiger partial charge >= 0.3 is 6.09 Å². The SMILES string of the molecule is CC(CN)COC(=O)N1CCC2(CC1)OCCCO2. The molecule has 1 amide bonds. The van der Waals surface area contributed by atoms with Crippen molar-refractivity contribution >= 4 is 6.09 Å². The van der Waals surface area contributed by atoms with E-state index in [1.807, 2.05) is 6.92 Å². The van der Waals surface area contributed by atoms with Crippen LogP contribution < -0.4 is 5.73 Å². The van der Waals surface area contributed by atoms with Crippen molar-refractivity contribution in [2.45, 2.75) is 32.0 Å². The topological polar surface area (TPSA) is 74.0 Å². The van der Waals surface area contributed by atoms with Gasteiger partial charge in [0.1, 0.15) is 0 Å². The molecule has 19 heavy (non-hydrogen) atoms. The molecule has 2 saturated heterocycles. The number of carbonyl (C=O) groups excluding carboxylic acids is 1. The van der Waals surface area contributed by atoms with Crippen LogP contribution in [0.25, 0.3) is 0 Å². The number of piperidine rings is 1. The molecular weight excluding hydrogens is 248 g/mol. The Kier molecular flexibility index (Phi) is 5.01. The van der Waals surface area contributed by atoms with Gasteiger partial charge in [-0.2, -0.15) is 0 Å². The summed E-state index contributed by atoms with van der Waals surface area (Å²) in [5.74, 6) is -0.260. The van der Waals surface area contributed by atoms with E-state index in [0.717, 1.165) is 19.6 Å². The fourth-order valence-electron chi connectivity index (χ4n) is 2.31. The van der Waals surface area contributed by atoms with Gasteiger partial charge in [0, 0.05) is 31.8 Å². The molecule has 6 heteroatoms. The lowest BCUT2D eigenvalue weighted by Crippen LogP contribution is -2.51. The number of nitrogens with two attached hydrogens (primary N) is 1. The molecule has 0 saturated carbocycles. The molecule has 2 fully saturated rings. The predicted molar refractivity (Wildman–Crippen MR) is 69.6 cm³/mol. The Morgan fingerprint density at radius 3 is 2.58 bits per heavy atom. The first-order chi connectivity index (χ1) is 9.15. The van der Waals surface area contributed by atoms with E-state index in [-0.39, 0.29) is 12.0 Å². The first-order valence-corrected chi connectivity index (χ1v) is 7.05. The van der Waals surface area contributed by atoms with E-state index < -0.39 is 5.79 Å². The molecule has 2 rings (SSSR count). The summed E-state index contributed by atoms with van der Waals surface area (Å²) in [6, 6.07) is 0. The molecule has 0 bridgehead atoms. The molecule has 2 heterocycles. The van der Waals surface area contributed by atoms with Gasteiger partial charge < -0.3 is 24.8 Å². The monoisotopic (exact) mass is 272 g/mol. The summed E-state index contributed by atoms with van der Waals surface area (Å²) in [6.07, 6.45) is 2.12. The van der Waals surface area contributed by atoms with E-state index in [4.69, 9.17) is 19.9 Å². The highest BCUT2D eigenvalue weighted by molar-refractivity contribution is 5.67. The van der Waals surface area contributed by atoms with Crippen molar-refractivity contribution in [3.8, 4) is 0 Å². The summed E-state index contributed by atoms with van der Waals surface area (Å²) < 4.78 is 16.7. The lowest BCUT2D eigenvalue weighted by atomic mass is 10.0. The van der Waals surface area contributed by atoms with Crippen LogP contribution in [0.2, 0.25) is 0 Å². The normalized spacial score (nSPS) is 24.2. The van der Waals surface area contributed by atoms with E-state index in [9.17, 15) is 4.79 Å². The lowest BCUT2D eigenvalue weighted by molar-refractivity contribution is -0.282. The van der Waals surface area contributed by atoms with Crippen LogP contribution in [0.15, 0.2) is 0 Å². The van der Waals surface area contributed by atoms with E-state index in [0.29, 0.717) is 39.1 Å². The molecule has 0 aromatic rings. The molecule has 1 spiro atoms. The maximum Gasteiger partial charge on any atom is 0.409 e. The van der Waals surface area contributed by atoms with Gasteiger partial charge in [-0.15, -0.1) is 0 Å². The number of rotatable bonds is 3. The Bertz CT molecular complexity index is 295. The van der Waals surface area contributed by atoms with Crippen molar-refractivity contribution in [3.63, 3.8) is 0 Å². The number of hydrogen-bond acceptors (Lipinski definition) is 5. The van der Waals surface area contributed by atoms with Crippen molar-refractivity contribution in [2.24, 2.45) is 11.7 Å².